The van der Waals surface area contributed by atoms with Crippen molar-refractivity contribution in [2.45, 2.75) is 13.0 Å². The maximum Gasteiger partial charge on any atom is 0.194 e. The Balaban J connectivity index is 1.79. The molecule has 4 rings (SSSR count). The van der Waals surface area contributed by atoms with Gasteiger partial charge in [-0.1, -0.05) is 54.4 Å². The van der Waals surface area contributed by atoms with Gasteiger partial charge < -0.3 is 11.1 Å². The number of nitrogens with two attached hydrogens (primary N) is 1. The van der Waals surface area contributed by atoms with Crippen molar-refractivity contribution < 1.29 is 0 Å². The van der Waals surface area contributed by atoms with Crippen LogP contribution in [0, 0.1) is 0 Å². The molecule has 0 saturated heterocycles. The first kappa shape index (κ1) is 19.1. The van der Waals surface area contributed by atoms with Gasteiger partial charge in [0.25, 0.3) is 0 Å². The predicted octanol–water partition coefficient (Wildman–Crippen LogP) is 4.63. The normalized spacial score (nSPS) is 21.3. The zero-order valence-electron chi connectivity index (χ0n) is 15.6. The molecule has 144 valence electrons. The van der Waals surface area contributed by atoms with Crippen molar-refractivity contribution in [3.63, 3.8) is 0 Å². The van der Waals surface area contributed by atoms with E-state index in [-0.39, 0.29) is 6.04 Å². The molecule has 1 atom stereocenters. The summed E-state index contributed by atoms with van der Waals surface area (Å²) < 4.78 is 0. The summed E-state index contributed by atoms with van der Waals surface area (Å²) in [5.74, 6) is 0.436. The smallest absolute Gasteiger partial charge is 0.194 e. The summed E-state index contributed by atoms with van der Waals surface area (Å²) in [5.41, 5.74) is 11.9. The average Bonchev–Trinajstić information content (AvgIpc) is 2.70. The fourth-order valence-electron chi connectivity index (χ4n) is 3.69. The first-order valence-corrected chi connectivity index (χ1v) is 10.1. The quantitative estimate of drug-likeness (QED) is 0.772. The minimum absolute atomic E-state index is 0.114. The van der Waals surface area contributed by atoms with Gasteiger partial charge in [0.15, 0.2) is 5.96 Å². The molecule has 0 bridgehead atoms. The average molecular weight is 413 g/mol. The van der Waals surface area contributed by atoms with Crippen LogP contribution in [0.15, 0.2) is 70.4 Å². The van der Waals surface area contributed by atoms with Crippen LogP contribution in [0.25, 0.3) is 6.08 Å². The van der Waals surface area contributed by atoms with E-state index in [1.54, 1.807) is 0 Å². The Bertz CT molecular complexity index is 959. The van der Waals surface area contributed by atoms with Gasteiger partial charge in [-0.25, -0.2) is 4.99 Å². The highest BCUT2D eigenvalue weighted by atomic mass is 35.5. The molecule has 2 aliphatic heterocycles. The molecule has 0 saturated carbocycles. The van der Waals surface area contributed by atoms with Crippen LogP contribution in [0.4, 0.5) is 0 Å². The lowest BCUT2D eigenvalue weighted by Gasteiger charge is -2.37. The molecule has 2 aliphatic rings. The van der Waals surface area contributed by atoms with E-state index in [4.69, 9.17) is 33.9 Å². The fraction of sp³-hybridized carbons (Fsp3) is 0.227. The number of aliphatic imine (C=N–C) groups is 1. The monoisotopic (exact) mass is 412 g/mol. The molecule has 2 heterocycles. The Kier molecular flexibility index (Phi) is 5.44. The number of halogens is 2. The van der Waals surface area contributed by atoms with Gasteiger partial charge in [-0.2, -0.15) is 0 Å². The van der Waals surface area contributed by atoms with E-state index in [9.17, 15) is 0 Å². The molecule has 0 amide bonds. The van der Waals surface area contributed by atoms with Crippen LogP contribution in [-0.2, 0) is 0 Å². The van der Waals surface area contributed by atoms with Crippen molar-refractivity contribution in [2.75, 3.05) is 19.6 Å². The highest BCUT2D eigenvalue weighted by Gasteiger charge is 2.31. The first-order chi connectivity index (χ1) is 13.5. The van der Waals surface area contributed by atoms with E-state index in [2.05, 4.69) is 23.2 Å². The number of rotatable bonds is 3. The van der Waals surface area contributed by atoms with Crippen molar-refractivity contribution in [1.29, 1.82) is 0 Å². The molecule has 6 heteroatoms. The first-order valence-electron chi connectivity index (χ1n) is 9.31. The number of likely N-dealkylation sites (N-methyl/N-ethyl adjacent to an activating group) is 1. The standard InChI is InChI=1S/C22H22Cl2N4/c1-2-28-12-16(11-14-3-7-17(23)8-4-14)21-19(13-28)20(26-22(25)27-21)15-5-9-18(24)10-6-15/h3-11,20H,2,12-13H2,1H3,(H3,25,26,27)/b16-11+. The van der Waals surface area contributed by atoms with E-state index < -0.39 is 0 Å². The van der Waals surface area contributed by atoms with Crippen molar-refractivity contribution in [3.05, 3.63) is 86.5 Å². The van der Waals surface area contributed by atoms with Gasteiger partial charge >= 0.3 is 0 Å². The molecule has 0 radical (unpaired) electrons. The third kappa shape index (κ3) is 3.95. The second kappa shape index (κ2) is 8.00. The minimum atomic E-state index is -0.114. The molecule has 4 nitrogen and oxygen atoms in total. The van der Waals surface area contributed by atoms with E-state index in [0.29, 0.717) is 11.0 Å². The second-order valence-corrected chi connectivity index (χ2v) is 7.89. The molecule has 1 unspecified atom stereocenters. The summed E-state index contributed by atoms with van der Waals surface area (Å²) in [6.07, 6.45) is 2.19. The number of benzene rings is 2. The SMILES string of the molecule is CCN1CC2=C(NC(N)=NC2c2ccc(Cl)cc2)/C(=C/c2ccc(Cl)cc2)C1. The lowest BCUT2D eigenvalue weighted by Crippen LogP contribution is -2.44. The highest BCUT2D eigenvalue weighted by molar-refractivity contribution is 6.30. The molecule has 2 aromatic carbocycles. The van der Waals surface area contributed by atoms with E-state index in [1.165, 1.54) is 11.1 Å². The Morgan fingerprint density at radius 3 is 2.36 bits per heavy atom. The summed E-state index contributed by atoms with van der Waals surface area (Å²) in [7, 11) is 0. The van der Waals surface area contributed by atoms with Crippen LogP contribution in [0.3, 0.4) is 0 Å². The van der Waals surface area contributed by atoms with Gasteiger partial charge in [-0.3, -0.25) is 4.90 Å². The van der Waals surface area contributed by atoms with E-state index in [1.807, 2.05) is 48.5 Å². The largest absolute Gasteiger partial charge is 0.370 e. The zero-order valence-corrected chi connectivity index (χ0v) is 17.1. The molecule has 2 aromatic rings. The minimum Gasteiger partial charge on any atom is -0.370 e. The topological polar surface area (TPSA) is 53.6 Å². The molecule has 0 aliphatic carbocycles. The van der Waals surface area contributed by atoms with Crippen molar-refractivity contribution in [1.82, 2.24) is 10.2 Å². The summed E-state index contributed by atoms with van der Waals surface area (Å²) in [6, 6.07) is 15.6. The zero-order chi connectivity index (χ0) is 19.7. The number of hydrogen-bond donors (Lipinski definition) is 2. The van der Waals surface area contributed by atoms with Gasteiger partial charge in [-0.15, -0.1) is 0 Å². The van der Waals surface area contributed by atoms with Gasteiger partial charge in [0, 0.05) is 28.8 Å². The van der Waals surface area contributed by atoms with Crippen LogP contribution in [0.1, 0.15) is 24.1 Å². The van der Waals surface area contributed by atoms with Gasteiger partial charge in [0.05, 0.1) is 0 Å². The van der Waals surface area contributed by atoms with Crippen LogP contribution >= 0.6 is 23.2 Å². The lowest BCUT2D eigenvalue weighted by atomic mass is 9.89. The molecular weight excluding hydrogens is 391 g/mol. The molecule has 3 N–H and O–H groups in total. The summed E-state index contributed by atoms with van der Waals surface area (Å²) in [4.78, 5) is 7.10. The number of guanidine groups is 1. The third-order valence-corrected chi connectivity index (χ3v) is 5.63. The molecule has 0 aromatic heterocycles. The molecule has 28 heavy (non-hydrogen) atoms. The number of hydrogen-bond acceptors (Lipinski definition) is 4. The van der Waals surface area contributed by atoms with Crippen LogP contribution < -0.4 is 11.1 Å². The molecule has 0 spiro atoms. The highest BCUT2D eigenvalue weighted by Crippen LogP contribution is 2.36. The summed E-state index contributed by atoms with van der Waals surface area (Å²) in [6.45, 7) is 4.84. The Hall–Kier alpha value is -2.27. The van der Waals surface area contributed by atoms with Crippen molar-refractivity contribution in [2.24, 2.45) is 10.7 Å². The van der Waals surface area contributed by atoms with Gasteiger partial charge in [-0.05, 0) is 59.2 Å². The van der Waals surface area contributed by atoms with Crippen molar-refractivity contribution in [3.8, 4) is 0 Å². The van der Waals surface area contributed by atoms with Gasteiger partial charge in [0.1, 0.15) is 6.04 Å². The van der Waals surface area contributed by atoms with Gasteiger partial charge in [0.2, 0.25) is 0 Å². The van der Waals surface area contributed by atoms with E-state index in [0.717, 1.165) is 41.5 Å². The van der Waals surface area contributed by atoms with E-state index >= 15 is 0 Å². The molecule has 0 fully saturated rings. The van der Waals surface area contributed by atoms with Crippen LogP contribution in [0.5, 0.6) is 0 Å². The number of nitrogens with one attached hydrogen (secondary N) is 1. The Morgan fingerprint density at radius 2 is 1.71 bits per heavy atom. The molecular formula is C22H22Cl2N4. The van der Waals surface area contributed by atoms with Crippen LogP contribution in [0.2, 0.25) is 10.0 Å². The number of nitrogens with zero attached hydrogens (tertiary/aromatic N) is 2. The summed E-state index contributed by atoms with van der Waals surface area (Å²) >= 11 is 12.1. The summed E-state index contributed by atoms with van der Waals surface area (Å²) in [5, 5.41) is 4.76. The Morgan fingerprint density at radius 1 is 1.07 bits per heavy atom. The maximum atomic E-state index is 6.16. The maximum absolute atomic E-state index is 6.16. The fourth-order valence-corrected chi connectivity index (χ4v) is 3.94. The lowest BCUT2D eigenvalue weighted by molar-refractivity contribution is 0.319. The van der Waals surface area contributed by atoms with Crippen LogP contribution in [-0.4, -0.2) is 30.5 Å². The Labute approximate surface area is 175 Å². The predicted molar refractivity (Wildman–Crippen MR) is 118 cm³/mol. The second-order valence-electron chi connectivity index (χ2n) is 7.02. The third-order valence-electron chi connectivity index (χ3n) is 5.13. The van der Waals surface area contributed by atoms with Crippen molar-refractivity contribution >= 4 is 35.2 Å².